The zero-order chi connectivity index (χ0) is 18.9. The van der Waals surface area contributed by atoms with Crippen molar-refractivity contribution in [3.63, 3.8) is 0 Å². The molecule has 132 valence electrons. The van der Waals surface area contributed by atoms with Crippen molar-refractivity contribution in [1.29, 1.82) is 5.26 Å². The number of para-hydroxylation sites is 1. The lowest BCUT2D eigenvalue weighted by molar-refractivity contribution is 0.484. The van der Waals surface area contributed by atoms with E-state index in [-0.39, 0.29) is 0 Å². The maximum Gasteiger partial charge on any atom is 0.153 e. The van der Waals surface area contributed by atoms with E-state index in [1.165, 1.54) is 0 Å². The molecular formula is C23H14N4O. The number of nitriles is 1. The fraction of sp³-hybridized carbons (Fsp3) is 0. The Morgan fingerprint density at radius 1 is 0.893 bits per heavy atom. The number of imidazole rings is 1. The molecule has 5 heteroatoms. The first kappa shape index (κ1) is 16.0. The Bertz CT molecular complexity index is 1360. The van der Waals surface area contributed by atoms with E-state index in [1.54, 1.807) is 24.5 Å². The fourth-order valence-corrected chi connectivity index (χ4v) is 3.29. The zero-order valence-electron chi connectivity index (χ0n) is 14.8. The molecule has 3 heterocycles. The minimum absolute atomic E-state index is 0.484. The van der Waals surface area contributed by atoms with Crippen LogP contribution in [0.1, 0.15) is 5.56 Å². The molecule has 0 bridgehead atoms. The van der Waals surface area contributed by atoms with E-state index in [2.05, 4.69) is 22.1 Å². The van der Waals surface area contributed by atoms with Crippen LogP contribution in [-0.4, -0.2) is 14.4 Å². The monoisotopic (exact) mass is 362 g/mol. The number of rotatable bonds is 3. The van der Waals surface area contributed by atoms with Gasteiger partial charge in [-0.1, -0.05) is 30.3 Å². The lowest BCUT2D eigenvalue weighted by atomic mass is 10.1. The number of benzene rings is 2. The predicted octanol–water partition coefficient (Wildman–Crippen LogP) is 5.21. The molecule has 28 heavy (non-hydrogen) atoms. The summed E-state index contributed by atoms with van der Waals surface area (Å²) in [7, 11) is 0. The van der Waals surface area contributed by atoms with Crippen LogP contribution in [0.3, 0.4) is 0 Å². The molecule has 0 aliphatic rings. The molecule has 0 atom stereocenters. The number of hydrogen-bond acceptors (Lipinski definition) is 4. The van der Waals surface area contributed by atoms with Crippen LogP contribution >= 0.6 is 0 Å². The third-order valence-electron chi connectivity index (χ3n) is 4.66. The number of aromatic nitrogens is 3. The highest BCUT2D eigenvalue weighted by atomic mass is 16.5. The van der Waals surface area contributed by atoms with Gasteiger partial charge in [-0.2, -0.15) is 5.26 Å². The first-order valence-electron chi connectivity index (χ1n) is 8.81. The molecule has 5 nitrogen and oxygen atoms in total. The lowest BCUT2D eigenvalue weighted by Crippen LogP contribution is -1.91. The number of ether oxygens (including phenoxy) is 1. The smallest absolute Gasteiger partial charge is 0.153 e. The average Bonchev–Trinajstić information content (AvgIpc) is 3.18. The van der Waals surface area contributed by atoms with Gasteiger partial charge in [0.1, 0.15) is 17.5 Å². The summed E-state index contributed by atoms with van der Waals surface area (Å²) in [5.41, 5.74) is 3.40. The van der Waals surface area contributed by atoms with E-state index in [1.807, 2.05) is 59.3 Å². The van der Waals surface area contributed by atoms with Crippen LogP contribution in [0.25, 0.3) is 27.7 Å². The summed E-state index contributed by atoms with van der Waals surface area (Å²) in [6.07, 6.45) is 7.34. The van der Waals surface area contributed by atoms with E-state index in [0.717, 1.165) is 27.7 Å². The topological polar surface area (TPSA) is 63.2 Å². The summed E-state index contributed by atoms with van der Waals surface area (Å²) in [6.45, 7) is 0. The highest BCUT2D eigenvalue weighted by Crippen LogP contribution is 2.33. The minimum Gasteiger partial charge on any atom is -0.454 e. The van der Waals surface area contributed by atoms with Gasteiger partial charge in [0, 0.05) is 28.7 Å². The number of nitrogens with zero attached hydrogens (tertiary/aromatic N) is 4. The molecule has 5 aromatic rings. The molecule has 3 aromatic heterocycles. The first-order valence-corrected chi connectivity index (χ1v) is 8.81. The van der Waals surface area contributed by atoms with Crippen molar-refractivity contribution in [3.05, 3.63) is 91.0 Å². The largest absolute Gasteiger partial charge is 0.454 e. The Labute approximate surface area is 161 Å². The summed E-state index contributed by atoms with van der Waals surface area (Å²) in [4.78, 5) is 8.75. The molecule has 5 rings (SSSR count). The predicted molar refractivity (Wildman–Crippen MR) is 107 cm³/mol. The van der Waals surface area contributed by atoms with Crippen molar-refractivity contribution in [2.75, 3.05) is 0 Å². The molecule has 0 N–H and O–H groups in total. The SMILES string of the molecule is N#Cc1ccccc1Oc1cncc2ccc(-c3cnc4ccccn34)cc12. The molecule has 0 spiro atoms. The van der Waals surface area contributed by atoms with Crippen LogP contribution in [0, 0.1) is 11.3 Å². The second-order valence-electron chi connectivity index (χ2n) is 6.36. The summed E-state index contributed by atoms with van der Waals surface area (Å²) in [5.74, 6) is 1.12. The highest BCUT2D eigenvalue weighted by molar-refractivity contribution is 5.91. The van der Waals surface area contributed by atoms with E-state index in [4.69, 9.17) is 4.74 Å². The van der Waals surface area contributed by atoms with E-state index < -0.39 is 0 Å². The molecule has 2 aromatic carbocycles. The van der Waals surface area contributed by atoms with Crippen LogP contribution in [0.5, 0.6) is 11.5 Å². The summed E-state index contributed by atoms with van der Waals surface area (Å²) in [5, 5.41) is 11.2. The van der Waals surface area contributed by atoms with Gasteiger partial charge in [0.2, 0.25) is 0 Å². The van der Waals surface area contributed by atoms with Gasteiger partial charge in [0.25, 0.3) is 0 Å². The number of pyridine rings is 2. The van der Waals surface area contributed by atoms with Gasteiger partial charge >= 0.3 is 0 Å². The first-order chi connectivity index (χ1) is 13.8. The van der Waals surface area contributed by atoms with E-state index >= 15 is 0 Å². The van der Waals surface area contributed by atoms with Crippen LogP contribution in [-0.2, 0) is 0 Å². The Hall–Kier alpha value is -4.17. The molecule has 0 amide bonds. The van der Waals surface area contributed by atoms with E-state index in [9.17, 15) is 5.26 Å². The quantitative estimate of drug-likeness (QED) is 0.442. The van der Waals surface area contributed by atoms with Gasteiger partial charge in [0.15, 0.2) is 5.75 Å². The third-order valence-corrected chi connectivity index (χ3v) is 4.66. The standard InChI is InChI=1S/C23H14N4O/c24-12-17-5-1-2-6-21(17)28-22-15-25-13-18-9-8-16(11-19(18)22)20-14-26-23-7-3-4-10-27(20)23/h1-11,13-15H. The number of hydrogen-bond donors (Lipinski definition) is 0. The summed E-state index contributed by atoms with van der Waals surface area (Å²) in [6, 6.07) is 21.4. The van der Waals surface area contributed by atoms with Crippen molar-refractivity contribution in [2.24, 2.45) is 0 Å². The van der Waals surface area contributed by atoms with Gasteiger partial charge in [-0.25, -0.2) is 4.98 Å². The van der Waals surface area contributed by atoms with Crippen molar-refractivity contribution < 1.29 is 4.74 Å². The lowest BCUT2D eigenvalue weighted by Gasteiger charge is -2.11. The van der Waals surface area contributed by atoms with Crippen LogP contribution in [0.15, 0.2) is 85.5 Å². The minimum atomic E-state index is 0.484. The Morgan fingerprint density at radius 3 is 2.71 bits per heavy atom. The molecule has 0 aliphatic heterocycles. The van der Waals surface area contributed by atoms with Crippen LogP contribution in [0.2, 0.25) is 0 Å². The molecule has 0 saturated heterocycles. The fourth-order valence-electron chi connectivity index (χ4n) is 3.29. The van der Waals surface area contributed by atoms with Gasteiger partial charge in [-0.3, -0.25) is 9.38 Å². The summed E-state index contributed by atoms with van der Waals surface area (Å²) < 4.78 is 8.12. The van der Waals surface area contributed by atoms with Crippen molar-refractivity contribution in [3.8, 4) is 28.8 Å². The molecule has 0 fully saturated rings. The van der Waals surface area contributed by atoms with Gasteiger partial charge < -0.3 is 4.74 Å². The second-order valence-corrected chi connectivity index (χ2v) is 6.36. The van der Waals surface area contributed by atoms with Gasteiger partial charge in [-0.15, -0.1) is 0 Å². The van der Waals surface area contributed by atoms with E-state index in [0.29, 0.717) is 17.1 Å². The number of fused-ring (bicyclic) bond motifs is 2. The van der Waals surface area contributed by atoms with Crippen LogP contribution < -0.4 is 4.74 Å². The molecular weight excluding hydrogens is 348 g/mol. The van der Waals surface area contributed by atoms with Crippen molar-refractivity contribution >= 4 is 16.4 Å². The Balaban J connectivity index is 1.65. The Kier molecular flexibility index (Phi) is 3.74. The normalized spacial score (nSPS) is 10.8. The maximum atomic E-state index is 9.32. The zero-order valence-corrected chi connectivity index (χ0v) is 14.8. The van der Waals surface area contributed by atoms with Crippen LogP contribution in [0.4, 0.5) is 0 Å². The average molecular weight is 362 g/mol. The Morgan fingerprint density at radius 2 is 1.79 bits per heavy atom. The molecule has 0 unspecified atom stereocenters. The summed E-state index contributed by atoms with van der Waals surface area (Å²) >= 11 is 0. The van der Waals surface area contributed by atoms with Crippen molar-refractivity contribution in [1.82, 2.24) is 14.4 Å². The molecule has 0 saturated carbocycles. The maximum absolute atomic E-state index is 9.32. The highest BCUT2D eigenvalue weighted by Gasteiger charge is 2.11. The third kappa shape index (κ3) is 2.65. The van der Waals surface area contributed by atoms with Gasteiger partial charge in [-0.05, 0) is 30.3 Å². The molecule has 0 radical (unpaired) electrons. The van der Waals surface area contributed by atoms with Crippen molar-refractivity contribution in [2.45, 2.75) is 0 Å². The van der Waals surface area contributed by atoms with Gasteiger partial charge in [0.05, 0.1) is 23.7 Å². The second kappa shape index (κ2) is 6.53. The molecule has 0 aliphatic carbocycles.